The van der Waals surface area contributed by atoms with Crippen molar-refractivity contribution in [2.24, 2.45) is 4.99 Å². The minimum atomic E-state index is 0.0773. The molecule has 1 fully saturated rings. The van der Waals surface area contributed by atoms with E-state index >= 15 is 0 Å². The van der Waals surface area contributed by atoms with Crippen molar-refractivity contribution in [1.29, 1.82) is 0 Å². The number of allylic oxidation sites excluding steroid dienone is 1. The number of aryl methyl sites for hydroxylation is 1. The van der Waals surface area contributed by atoms with Crippen molar-refractivity contribution >= 4 is 22.6 Å². The molecule has 1 saturated heterocycles. The molecule has 3 heterocycles. The first-order valence-electron chi connectivity index (χ1n) is 8.17. The molecule has 0 aliphatic carbocycles. The molecule has 0 saturated carbocycles. The lowest BCUT2D eigenvalue weighted by Gasteiger charge is -2.30. The zero-order chi connectivity index (χ0) is 16.5. The van der Waals surface area contributed by atoms with Crippen LogP contribution >= 0.6 is 0 Å². The normalized spacial score (nSPS) is 18.7. The highest BCUT2D eigenvalue weighted by atomic mass is 16.5. The number of ether oxygens (including phenoxy) is 1. The Balaban J connectivity index is 1.56. The number of ketones is 1. The van der Waals surface area contributed by atoms with Gasteiger partial charge >= 0.3 is 0 Å². The fraction of sp³-hybridized carbons (Fsp3) is 0.389. The summed E-state index contributed by atoms with van der Waals surface area (Å²) in [4.78, 5) is 23.3. The van der Waals surface area contributed by atoms with Gasteiger partial charge in [-0.25, -0.2) is 9.98 Å². The highest BCUT2D eigenvalue weighted by Gasteiger charge is 2.21. The molecule has 24 heavy (non-hydrogen) atoms. The van der Waals surface area contributed by atoms with Crippen LogP contribution in [0.25, 0.3) is 11.1 Å². The van der Waals surface area contributed by atoms with Crippen LogP contribution in [-0.2, 0) is 16.0 Å². The molecule has 0 radical (unpaired) electrons. The van der Waals surface area contributed by atoms with Gasteiger partial charge in [-0.3, -0.25) is 4.79 Å². The Labute approximate surface area is 139 Å². The van der Waals surface area contributed by atoms with E-state index < -0.39 is 0 Å². The Morgan fingerprint density at radius 1 is 1.25 bits per heavy atom. The van der Waals surface area contributed by atoms with E-state index in [2.05, 4.69) is 14.9 Å². The minimum Gasteiger partial charge on any atom is -0.440 e. The number of hydrogen-bond donors (Lipinski definition) is 0. The Hall–Kier alpha value is -2.47. The summed E-state index contributed by atoms with van der Waals surface area (Å²) in [7, 11) is 0. The smallest absolute Gasteiger partial charge is 0.201 e. The molecule has 0 spiro atoms. The first-order chi connectivity index (χ1) is 11.7. The molecule has 0 N–H and O–H groups in total. The molecule has 0 atom stereocenters. The van der Waals surface area contributed by atoms with Gasteiger partial charge in [0.25, 0.3) is 0 Å². The fourth-order valence-electron chi connectivity index (χ4n) is 3.02. The zero-order valence-corrected chi connectivity index (χ0v) is 13.6. The Morgan fingerprint density at radius 3 is 2.92 bits per heavy atom. The second kappa shape index (κ2) is 6.20. The van der Waals surface area contributed by atoms with Gasteiger partial charge in [0.05, 0.1) is 19.6 Å². The lowest BCUT2D eigenvalue weighted by Crippen LogP contribution is -2.36. The largest absolute Gasteiger partial charge is 0.440 e. The number of aromatic nitrogens is 1. The monoisotopic (exact) mass is 325 g/mol. The van der Waals surface area contributed by atoms with Crippen molar-refractivity contribution in [1.82, 2.24) is 9.88 Å². The third-order valence-electron chi connectivity index (χ3n) is 4.22. The van der Waals surface area contributed by atoms with E-state index in [9.17, 15) is 4.79 Å². The van der Waals surface area contributed by atoms with E-state index in [4.69, 9.17) is 9.15 Å². The Bertz CT molecular complexity index is 844. The standard InChI is InChI=1S/C18H19N3O3/c1-12-2-3-15-16(8-12)24-18(20-15)10-13-9-14(22)11-17(19-13)21-4-6-23-7-5-21/h2-3,8,11H,4-7,9-10H2,1H3. The summed E-state index contributed by atoms with van der Waals surface area (Å²) >= 11 is 0. The summed E-state index contributed by atoms with van der Waals surface area (Å²) in [5.41, 5.74) is 3.54. The lowest BCUT2D eigenvalue weighted by atomic mass is 10.1. The Kier molecular flexibility index (Phi) is 3.90. The average molecular weight is 325 g/mol. The number of aliphatic imine (C=N–C) groups is 1. The van der Waals surface area contributed by atoms with Crippen molar-refractivity contribution < 1.29 is 13.9 Å². The first kappa shape index (κ1) is 15.1. The predicted octanol–water partition coefficient (Wildman–Crippen LogP) is 2.27. The molecule has 0 unspecified atom stereocenters. The fourth-order valence-corrected chi connectivity index (χ4v) is 3.02. The topological polar surface area (TPSA) is 67.9 Å². The molecule has 4 rings (SSSR count). The SMILES string of the molecule is Cc1ccc2nc(CC3=NC(N4CCOCC4)=CC(=O)C3)oc2c1. The summed E-state index contributed by atoms with van der Waals surface area (Å²) in [6, 6.07) is 5.93. The van der Waals surface area contributed by atoms with Gasteiger partial charge in [-0.2, -0.15) is 0 Å². The summed E-state index contributed by atoms with van der Waals surface area (Å²) in [5.74, 6) is 1.41. The average Bonchev–Trinajstić information content (AvgIpc) is 2.96. The van der Waals surface area contributed by atoms with Gasteiger partial charge in [0.1, 0.15) is 11.3 Å². The number of fused-ring (bicyclic) bond motifs is 1. The molecular weight excluding hydrogens is 306 g/mol. The van der Waals surface area contributed by atoms with Crippen LogP contribution in [0.2, 0.25) is 0 Å². The van der Waals surface area contributed by atoms with Crippen LogP contribution in [0.5, 0.6) is 0 Å². The highest BCUT2D eigenvalue weighted by molar-refractivity contribution is 6.09. The van der Waals surface area contributed by atoms with Crippen LogP contribution in [0.15, 0.2) is 39.5 Å². The van der Waals surface area contributed by atoms with Crippen molar-refractivity contribution in [2.75, 3.05) is 26.3 Å². The predicted molar refractivity (Wildman–Crippen MR) is 90.0 cm³/mol. The van der Waals surface area contributed by atoms with Gasteiger partial charge in [-0.1, -0.05) is 6.07 Å². The third-order valence-corrected chi connectivity index (χ3v) is 4.22. The van der Waals surface area contributed by atoms with Crippen LogP contribution in [0.4, 0.5) is 0 Å². The van der Waals surface area contributed by atoms with E-state index in [1.165, 1.54) is 0 Å². The lowest BCUT2D eigenvalue weighted by molar-refractivity contribution is -0.113. The molecule has 1 aromatic carbocycles. The molecule has 2 aromatic rings. The molecular formula is C18H19N3O3. The van der Waals surface area contributed by atoms with Crippen molar-refractivity contribution in [2.45, 2.75) is 19.8 Å². The van der Waals surface area contributed by atoms with E-state index in [1.54, 1.807) is 6.08 Å². The van der Waals surface area contributed by atoms with Crippen LogP contribution in [0.1, 0.15) is 17.9 Å². The van der Waals surface area contributed by atoms with Crippen LogP contribution in [0, 0.1) is 6.92 Å². The number of benzene rings is 1. The molecule has 1 aromatic heterocycles. The van der Waals surface area contributed by atoms with E-state index in [0.717, 1.165) is 41.3 Å². The summed E-state index contributed by atoms with van der Waals surface area (Å²) in [6.07, 6.45) is 2.41. The second-order valence-electron chi connectivity index (χ2n) is 6.18. The van der Waals surface area contributed by atoms with Crippen molar-refractivity contribution in [3.63, 3.8) is 0 Å². The first-order valence-corrected chi connectivity index (χ1v) is 8.17. The maximum atomic E-state index is 12.1. The number of nitrogens with zero attached hydrogens (tertiary/aromatic N) is 3. The van der Waals surface area contributed by atoms with Gasteiger partial charge in [-0.05, 0) is 24.6 Å². The minimum absolute atomic E-state index is 0.0773. The van der Waals surface area contributed by atoms with Crippen LogP contribution in [0.3, 0.4) is 0 Å². The van der Waals surface area contributed by atoms with Crippen molar-refractivity contribution in [3.05, 3.63) is 41.6 Å². The van der Waals surface area contributed by atoms with Crippen LogP contribution in [-0.4, -0.2) is 47.7 Å². The van der Waals surface area contributed by atoms with Gasteiger partial charge in [0.2, 0.25) is 5.89 Å². The molecule has 0 amide bonds. The maximum Gasteiger partial charge on any atom is 0.201 e. The molecule has 2 aliphatic heterocycles. The molecule has 2 aliphatic rings. The van der Waals surface area contributed by atoms with Crippen molar-refractivity contribution in [3.8, 4) is 0 Å². The van der Waals surface area contributed by atoms with Crippen LogP contribution < -0.4 is 0 Å². The van der Waals surface area contributed by atoms with Gasteiger partial charge < -0.3 is 14.1 Å². The molecule has 6 heteroatoms. The highest BCUT2D eigenvalue weighted by Crippen LogP contribution is 2.20. The Morgan fingerprint density at radius 2 is 2.08 bits per heavy atom. The van der Waals surface area contributed by atoms with E-state index in [-0.39, 0.29) is 5.78 Å². The molecule has 6 nitrogen and oxygen atoms in total. The summed E-state index contributed by atoms with van der Waals surface area (Å²) in [5, 5.41) is 0. The number of morpholine rings is 1. The number of hydrogen-bond acceptors (Lipinski definition) is 6. The van der Waals surface area contributed by atoms with Gasteiger partial charge in [0, 0.05) is 31.3 Å². The zero-order valence-electron chi connectivity index (χ0n) is 13.6. The number of carbonyl (C=O) groups excluding carboxylic acids is 1. The van der Waals surface area contributed by atoms with E-state index in [0.29, 0.717) is 31.9 Å². The summed E-state index contributed by atoms with van der Waals surface area (Å²) < 4.78 is 11.2. The quantitative estimate of drug-likeness (QED) is 0.866. The summed E-state index contributed by atoms with van der Waals surface area (Å²) in [6.45, 7) is 4.88. The van der Waals surface area contributed by atoms with Gasteiger partial charge in [-0.15, -0.1) is 0 Å². The maximum absolute atomic E-state index is 12.1. The third kappa shape index (κ3) is 3.10. The van der Waals surface area contributed by atoms with E-state index in [1.807, 2.05) is 25.1 Å². The number of oxazole rings is 1. The second-order valence-corrected chi connectivity index (χ2v) is 6.18. The van der Waals surface area contributed by atoms with Gasteiger partial charge in [0.15, 0.2) is 11.4 Å². The molecule has 0 bridgehead atoms. The number of carbonyl (C=O) groups is 1. The number of rotatable bonds is 3. The molecule has 124 valence electrons.